The van der Waals surface area contributed by atoms with Crippen molar-refractivity contribution in [3.8, 4) is 11.1 Å². The average Bonchev–Trinajstić information content (AvgIpc) is 3.30. The molecule has 6 nitrogen and oxygen atoms in total. The van der Waals surface area contributed by atoms with Gasteiger partial charge in [-0.25, -0.2) is 12.8 Å². The van der Waals surface area contributed by atoms with Gasteiger partial charge in [-0.1, -0.05) is 29.8 Å². The molecular formula is C24H29FN2O4S. The highest BCUT2D eigenvalue weighted by molar-refractivity contribution is 7.89. The van der Waals surface area contributed by atoms with Crippen LogP contribution < -0.4 is 0 Å². The summed E-state index contributed by atoms with van der Waals surface area (Å²) in [6.45, 7) is 3.31. The first-order valence-corrected chi connectivity index (χ1v) is 12.5. The van der Waals surface area contributed by atoms with E-state index < -0.39 is 21.9 Å². The molecule has 2 fully saturated rings. The summed E-state index contributed by atoms with van der Waals surface area (Å²) in [7, 11) is -2.27. The molecule has 8 heteroatoms. The summed E-state index contributed by atoms with van der Waals surface area (Å²) in [5, 5.41) is 0. The number of ether oxygens (including phenoxy) is 1. The summed E-state index contributed by atoms with van der Waals surface area (Å²) in [6.07, 6.45) is 2.58. The van der Waals surface area contributed by atoms with Gasteiger partial charge in [-0.05, 0) is 50.8 Å². The van der Waals surface area contributed by atoms with Crippen molar-refractivity contribution in [1.29, 1.82) is 0 Å². The number of carbonyl (C=O) groups excluding carboxylic acids is 1. The fourth-order valence-corrected chi connectivity index (χ4v) is 6.49. The van der Waals surface area contributed by atoms with Crippen LogP contribution in [-0.4, -0.2) is 62.4 Å². The maximum absolute atomic E-state index is 14.6. The van der Waals surface area contributed by atoms with E-state index >= 15 is 0 Å². The molecule has 0 spiro atoms. The molecule has 0 radical (unpaired) electrons. The molecule has 1 amide bonds. The van der Waals surface area contributed by atoms with Crippen molar-refractivity contribution in [2.75, 3.05) is 26.8 Å². The highest BCUT2D eigenvalue weighted by Crippen LogP contribution is 2.35. The molecule has 0 N–H and O–H groups in total. The Hall–Kier alpha value is -2.29. The van der Waals surface area contributed by atoms with Gasteiger partial charge in [0.25, 0.3) is 0 Å². The monoisotopic (exact) mass is 460 g/mol. The molecule has 2 aromatic carbocycles. The van der Waals surface area contributed by atoms with Crippen LogP contribution in [0.25, 0.3) is 11.1 Å². The van der Waals surface area contributed by atoms with Gasteiger partial charge in [-0.3, -0.25) is 4.79 Å². The van der Waals surface area contributed by atoms with Crippen LogP contribution in [0.15, 0.2) is 47.4 Å². The van der Waals surface area contributed by atoms with E-state index in [4.69, 9.17) is 4.74 Å². The SMILES string of the molecule is Cc1ccc(S(=O)(=O)N2CCC[C@H]2C(=O)N(C)C2CCOCC2)c(-c2ccccc2F)c1. The Labute approximate surface area is 189 Å². The van der Waals surface area contributed by atoms with E-state index in [2.05, 4.69) is 0 Å². The second-order valence-corrected chi connectivity index (χ2v) is 10.4. The van der Waals surface area contributed by atoms with Gasteiger partial charge in [-0.2, -0.15) is 4.31 Å². The highest BCUT2D eigenvalue weighted by Gasteiger charge is 2.42. The average molecular weight is 461 g/mol. The molecule has 2 aliphatic heterocycles. The lowest BCUT2D eigenvalue weighted by molar-refractivity contribution is -0.137. The first-order chi connectivity index (χ1) is 15.3. The molecule has 0 saturated carbocycles. The summed E-state index contributed by atoms with van der Waals surface area (Å²) in [5.74, 6) is -0.666. The second-order valence-electron chi connectivity index (χ2n) is 8.55. The van der Waals surface area contributed by atoms with Crippen LogP contribution in [0, 0.1) is 12.7 Å². The van der Waals surface area contributed by atoms with Crippen LogP contribution in [0.5, 0.6) is 0 Å². The standard InChI is InChI=1S/C24H29FN2O4S/c1-17-9-10-23(20(16-17)19-6-3-4-7-21(19)25)32(29,30)27-13-5-8-22(27)24(28)26(2)18-11-14-31-15-12-18/h3-4,6-7,9-10,16,18,22H,5,8,11-15H2,1-2H3/t22-/m0/s1. The topological polar surface area (TPSA) is 66.9 Å². The Morgan fingerprint density at radius 3 is 2.53 bits per heavy atom. The van der Waals surface area contributed by atoms with Gasteiger partial charge in [0, 0.05) is 44.0 Å². The lowest BCUT2D eigenvalue weighted by Gasteiger charge is -2.35. The largest absolute Gasteiger partial charge is 0.381 e. The van der Waals surface area contributed by atoms with Crippen molar-refractivity contribution in [3.05, 3.63) is 53.8 Å². The van der Waals surface area contributed by atoms with Gasteiger partial charge in [0.15, 0.2) is 0 Å². The Morgan fingerprint density at radius 1 is 1.09 bits per heavy atom. The quantitative estimate of drug-likeness (QED) is 0.684. The summed E-state index contributed by atoms with van der Waals surface area (Å²) >= 11 is 0. The molecule has 2 aliphatic rings. The summed E-state index contributed by atoms with van der Waals surface area (Å²) in [5.41, 5.74) is 1.38. The van der Waals surface area contributed by atoms with Gasteiger partial charge in [-0.15, -0.1) is 0 Å². The van der Waals surface area contributed by atoms with Crippen molar-refractivity contribution < 1.29 is 22.3 Å². The lowest BCUT2D eigenvalue weighted by atomic mass is 10.0. The summed E-state index contributed by atoms with van der Waals surface area (Å²) < 4.78 is 48.8. The van der Waals surface area contributed by atoms with E-state index in [1.165, 1.54) is 16.4 Å². The van der Waals surface area contributed by atoms with Crippen molar-refractivity contribution in [2.24, 2.45) is 0 Å². The van der Waals surface area contributed by atoms with Crippen LogP contribution >= 0.6 is 0 Å². The number of amides is 1. The minimum Gasteiger partial charge on any atom is -0.381 e. The predicted molar refractivity (Wildman–Crippen MR) is 120 cm³/mol. The first kappa shape index (κ1) is 22.9. The number of benzene rings is 2. The number of hydrogen-bond acceptors (Lipinski definition) is 4. The van der Waals surface area contributed by atoms with Crippen LogP contribution in [0.2, 0.25) is 0 Å². The van der Waals surface area contributed by atoms with Gasteiger partial charge >= 0.3 is 0 Å². The normalized spacial score (nSPS) is 20.4. The third-order valence-corrected chi connectivity index (χ3v) is 8.43. The van der Waals surface area contributed by atoms with Crippen molar-refractivity contribution in [3.63, 3.8) is 0 Å². The van der Waals surface area contributed by atoms with Crippen molar-refractivity contribution in [2.45, 2.75) is 49.6 Å². The van der Waals surface area contributed by atoms with E-state index in [9.17, 15) is 17.6 Å². The second kappa shape index (κ2) is 9.29. The zero-order chi connectivity index (χ0) is 22.9. The fraction of sp³-hybridized carbons (Fsp3) is 0.458. The lowest BCUT2D eigenvalue weighted by Crippen LogP contribution is -2.50. The number of rotatable bonds is 5. The number of hydrogen-bond donors (Lipinski definition) is 0. The van der Waals surface area contributed by atoms with E-state index in [1.807, 2.05) is 6.92 Å². The van der Waals surface area contributed by atoms with Crippen molar-refractivity contribution in [1.82, 2.24) is 9.21 Å². The van der Waals surface area contributed by atoms with Crippen LogP contribution in [0.3, 0.4) is 0 Å². The Bertz CT molecular complexity index is 1100. The zero-order valence-electron chi connectivity index (χ0n) is 18.5. The third kappa shape index (κ3) is 4.31. The number of halogens is 1. The summed E-state index contributed by atoms with van der Waals surface area (Å²) in [4.78, 5) is 15.0. The molecule has 1 atom stereocenters. The van der Waals surface area contributed by atoms with E-state index in [0.29, 0.717) is 31.6 Å². The highest BCUT2D eigenvalue weighted by atomic mass is 32.2. The smallest absolute Gasteiger partial charge is 0.244 e. The number of sulfonamides is 1. The van der Waals surface area contributed by atoms with Gasteiger partial charge in [0.05, 0.1) is 4.90 Å². The number of nitrogens with zero attached hydrogens (tertiary/aromatic N) is 2. The molecule has 2 aromatic rings. The number of carbonyl (C=O) groups is 1. The molecule has 0 unspecified atom stereocenters. The Morgan fingerprint density at radius 2 is 1.81 bits per heavy atom. The first-order valence-electron chi connectivity index (χ1n) is 11.0. The maximum atomic E-state index is 14.6. The van der Waals surface area contributed by atoms with Gasteiger partial charge < -0.3 is 9.64 Å². The van der Waals surface area contributed by atoms with Crippen LogP contribution in [-0.2, 0) is 19.6 Å². The third-order valence-electron chi connectivity index (χ3n) is 6.46. The molecule has 4 rings (SSSR count). The molecule has 0 bridgehead atoms. The molecule has 172 valence electrons. The van der Waals surface area contributed by atoms with Crippen LogP contribution in [0.1, 0.15) is 31.2 Å². The van der Waals surface area contributed by atoms with E-state index in [1.54, 1.807) is 42.3 Å². The number of likely N-dealkylation sites (N-methyl/N-ethyl adjacent to an activating group) is 1. The molecule has 2 heterocycles. The minimum absolute atomic E-state index is 0.0293. The molecule has 0 aliphatic carbocycles. The van der Waals surface area contributed by atoms with Crippen molar-refractivity contribution >= 4 is 15.9 Å². The molecule has 32 heavy (non-hydrogen) atoms. The summed E-state index contributed by atoms with van der Waals surface area (Å²) in [6, 6.07) is 10.4. The number of aryl methyl sites for hydroxylation is 1. The molecular weight excluding hydrogens is 431 g/mol. The molecule has 0 aromatic heterocycles. The maximum Gasteiger partial charge on any atom is 0.244 e. The predicted octanol–water partition coefficient (Wildman–Crippen LogP) is 3.59. The van der Waals surface area contributed by atoms with Gasteiger partial charge in [0.2, 0.25) is 15.9 Å². The molecule has 2 saturated heterocycles. The van der Waals surface area contributed by atoms with Gasteiger partial charge in [0.1, 0.15) is 11.9 Å². The Kier molecular flexibility index (Phi) is 6.65. The van der Waals surface area contributed by atoms with Crippen LogP contribution in [0.4, 0.5) is 4.39 Å². The minimum atomic E-state index is -4.01. The Balaban J connectivity index is 1.69. The zero-order valence-corrected chi connectivity index (χ0v) is 19.3. The van der Waals surface area contributed by atoms with E-state index in [0.717, 1.165) is 18.4 Å². The fourth-order valence-electron chi connectivity index (χ4n) is 4.65. The van der Waals surface area contributed by atoms with E-state index in [-0.39, 0.29) is 29.0 Å².